The Hall–Kier alpha value is -4.26. The summed E-state index contributed by atoms with van der Waals surface area (Å²) in [4.78, 5) is 24.9. The minimum absolute atomic E-state index is 0.197. The van der Waals surface area contributed by atoms with Gasteiger partial charge < -0.3 is 25.1 Å². The van der Waals surface area contributed by atoms with Crippen LogP contribution in [-0.2, 0) is 6.61 Å². The highest BCUT2D eigenvalue weighted by molar-refractivity contribution is 6.06. The number of amides is 3. The minimum Gasteiger partial charge on any atom is -0.489 e. The first kappa shape index (κ1) is 20.6. The molecular formula is C26H23N3O4. The number of rotatable bonds is 7. The van der Waals surface area contributed by atoms with Crippen LogP contribution < -0.4 is 20.7 Å². The van der Waals surface area contributed by atoms with Crippen molar-refractivity contribution in [1.29, 1.82) is 0 Å². The molecule has 3 amide bonds. The van der Waals surface area contributed by atoms with E-state index in [-0.39, 0.29) is 30.3 Å². The zero-order valence-corrected chi connectivity index (χ0v) is 17.8. The van der Waals surface area contributed by atoms with E-state index in [1.165, 1.54) is 0 Å². The Bertz CT molecular complexity index is 1280. The van der Waals surface area contributed by atoms with Gasteiger partial charge in [0.1, 0.15) is 17.9 Å². The number of anilines is 2. The third-order valence-electron chi connectivity index (χ3n) is 5.34. The van der Waals surface area contributed by atoms with Gasteiger partial charge in [-0.1, -0.05) is 36.4 Å². The molecule has 1 aliphatic carbocycles. The second-order valence-corrected chi connectivity index (χ2v) is 7.91. The number of hydrogen-bond acceptors (Lipinski definition) is 4. The molecule has 0 radical (unpaired) electrons. The van der Waals surface area contributed by atoms with Crippen molar-refractivity contribution < 1.29 is 18.7 Å². The quantitative estimate of drug-likeness (QED) is 0.351. The van der Waals surface area contributed by atoms with Crippen molar-refractivity contribution in [3.8, 4) is 5.75 Å². The lowest BCUT2D eigenvalue weighted by Crippen LogP contribution is -2.30. The monoisotopic (exact) mass is 441 g/mol. The van der Waals surface area contributed by atoms with Crippen LogP contribution in [0.4, 0.5) is 16.2 Å². The number of fused-ring (bicyclic) bond motifs is 1. The fraction of sp³-hybridized carbons (Fsp3) is 0.154. The molecule has 166 valence electrons. The molecule has 1 saturated carbocycles. The molecule has 0 saturated heterocycles. The maximum absolute atomic E-state index is 13.1. The lowest BCUT2D eigenvalue weighted by atomic mass is 10.1. The predicted molar refractivity (Wildman–Crippen MR) is 127 cm³/mol. The van der Waals surface area contributed by atoms with Crippen molar-refractivity contribution in [3.05, 3.63) is 90.2 Å². The Kier molecular flexibility index (Phi) is 5.68. The van der Waals surface area contributed by atoms with E-state index in [9.17, 15) is 9.59 Å². The molecule has 4 aromatic rings. The molecule has 5 rings (SSSR count). The fourth-order valence-electron chi connectivity index (χ4n) is 3.50. The Morgan fingerprint density at radius 2 is 1.52 bits per heavy atom. The smallest absolute Gasteiger partial charge is 0.319 e. The molecule has 3 N–H and O–H groups in total. The second kappa shape index (κ2) is 9.08. The molecule has 1 fully saturated rings. The van der Waals surface area contributed by atoms with E-state index in [0.717, 1.165) is 18.2 Å². The van der Waals surface area contributed by atoms with Crippen LogP contribution in [0.15, 0.2) is 83.3 Å². The number of carbonyl (C=O) groups is 2. The molecule has 0 spiro atoms. The third-order valence-corrected chi connectivity index (χ3v) is 5.34. The first-order chi connectivity index (χ1) is 16.2. The second-order valence-electron chi connectivity index (χ2n) is 7.91. The Labute approximate surface area is 190 Å². The van der Waals surface area contributed by atoms with Crippen molar-refractivity contribution >= 4 is 34.3 Å². The van der Waals surface area contributed by atoms with E-state index in [2.05, 4.69) is 16.0 Å². The van der Waals surface area contributed by atoms with Crippen molar-refractivity contribution in [1.82, 2.24) is 5.32 Å². The van der Waals surface area contributed by atoms with Gasteiger partial charge in [-0.3, -0.25) is 4.79 Å². The van der Waals surface area contributed by atoms with Crippen LogP contribution in [0.5, 0.6) is 5.75 Å². The summed E-state index contributed by atoms with van der Waals surface area (Å²) in [6.45, 7) is 0.197. The summed E-state index contributed by atoms with van der Waals surface area (Å²) in [6.07, 6.45) is 2.05. The Morgan fingerprint density at radius 1 is 0.848 bits per heavy atom. The maximum Gasteiger partial charge on any atom is 0.319 e. The summed E-state index contributed by atoms with van der Waals surface area (Å²) in [7, 11) is 0. The Balaban J connectivity index is 1.31. The summed E-state index contributed by atoms with van der Waals surface area (Å²) in [5.74, 6) is 0.547. The highest BCUT2D eigenvalue weighted by Gasteiger charge is 2.23. The molecule has 0 atom stereocenters. The van der Waals surface area contributed by atoms with Crippen molar-refractivity contribution in [3.63, 3.8) is 0 Å². The Morgan fingerprint density at radius 3 is 2.24 bits per heavy atom. The zero-order chi connectivity index (χ0) is 22.6. The lowest BCUT2D eigenvalue weighted by Gasteiger charge is -2.09. The molecule has 1 aromatic heterocycles. The van der Waals surface area contributed by atoms with Gasteiger partial charge in [0, 0.05) is 28.4 Å². The molecule has 7 heteroatoms. The molecule has 0 bridgehead atoms. The van der Waals surface area contributed by atoms with Crippen LogP contribution in [0.25, 0.3) is 11.0 Å². The van der Waals surface area contributed by atoms with Crippen LogP contribution in [0, 0.1) is 0 Å². The van der Waals surface area contributed by atoms with E-state index < -0.39 is 0 Å². The summed E-state index contributed by atoms with van der Waals surface area (Å²) in [5.41, 5.74) is 2.54. The average Bonchev–Trinajstić information content (AvgIpc) is 3.57. The van der Waals surface area contributed by atoms with Crippen molar-refractivity contribution in [2.24, 2.45) is 0 Å². The maximum atomic E-state index is 13.1. The summed E-state index contributed by atoms with van der Waals surface area (Å²) in [6, 6.07) is 23.9. The number of carbonyl (C=O) groups excluding carboxylic acids is 2. The number of ether oxygens (including phenoxy) is 1. The van der Waals surface area contributed by atoms with Crippen molar-refractivity contribution in [2.75, 3.05) is 10.6 Å². The van der Waals surface area contributed by atoms with Gasteiger partial charge in [0.25, 0.3) is 5.91 Å². The zero-order valence-electron chi connectivity index (χ0n) is 17.8. The van der Waals surface area contributed by atoms with Gasteiger partial charge in [-0.15, -0.1) is 0 Å². The van der Waals surface area contributed by atoms with Gasteiger partial charge in [0.05, 0.1) is 0 Å². The van der Waals surface area contributed by atoms with Gasteiger partial charge in [-0.05, 0) is 55.3 Å². The first-order valence-corrected chi connectivity index (χ1v) is 10.8. The topological polar surface area (TPSA) is 92.6 Å². The van der Waals surface area contributed by atoms with Gasteiger partial charge >= 0.3 is 6.03 Å². The van der Waals surface area contributed by atoms with E-state index in [1.54, 1.807) is 24.3 Å². The number of para-hydroxylation sites is 2. The number of hydrogen-bond donors (Lipinski definition) is 3. The molecule has 7 nitrogen and oxygen atoms in total. The van der Waals surface area contributed by atoms with E-state index in [4.69, 9.17) is 9.15 Å². The van der Waals surface area contributed by atoms with Gasteiger partial charge in [-0.25, -0.2) is 4.79 Å². The lowest BCUT2D eigenvalue weighted by molar-refractivity contribution is 0.0995. The minimum atomic E-state index is -0.370. The SMILES string of the molecule is O=C(Nc1ccc(NC(=O)c2oc3ccccc3c2COc2ccccc2)cc1)NC1CC1. The number of benzene rings is 3. The van der Waals surface area contributed by atoms with E-state index >= 15 is 0 Å². The molecule has 0 unspecified atom stereocenters. The highest BCUT2D eigenvalue weighted by atomic mass is 16.5. The van der Waals surface area contributed by atoms with Crippen LogP contribution in [0.3, 0.4) is 0 Å². The van der Waals surface area contributed by atoms with Crippen molar-refractivity contribution in [2.45, 2.75) is 25.5 Å². The molecular weight excluding hydrogens is 418 g/mol. The summed E-state index contributed by atoms with van der Waals surface area (Å²) < 4.78 is 11.8. The van der Waals surface area contributed by atoms with Gasteiger partial charge in [-0.2, -0.15) is 0 Å². The molecule has 33 heavy (non-hydrogen) atoms. The first-order valence-electron chi connectivity index (χ1n) is 10.8. The number of furan rings is 1. The van der Waals surface area contributed by atoms with Crippen LogP contribution >= 0.6 is 0 Å². The molecule has 1 heterocycles. The largest absolute Gasteiger partial charge is 0.489 e. The molecule has 0 aliphatic heterocycles. The fourth-order valence-corrected chi connectivity index (χ4v) is 3.50. The van der Waals surface area contributed by atoms with E-state index in [1.807, 2.05) is 54.6 Å². The van der Waals surface area contributed by atoms with Crippen LogP contribution in [-0.4, -0.2) is 18.0 Å². The van der Waals surface area contributed by atoms with E-state index in [0.29, 0.717) is 28.3 Å². The molecule has 3 aromatic carbocycles. The third kappa shape index (κ3) is 4.98. The standard InChI is InChI=1S/C26H23N3O4/c30-25(27-17-10-12-18(13-11-17)28-26(31)29-19-14-15-19)24-22(16-32-20-6-2-1-3-7-20)21-8-4-5-9-23(21)33-24/h1-13,19H,14-16H2,(H,27,30)(H2,28,29,31). The predicted octanol–water partition coefficient (Wildman–Crippen LogP) is 5.55. The molecule has 1 aliphatic rings. The van der Waals surface area contributed by atoms with Gasteiger partial charge in [0.2, 0.25) is 0 Å². The van der Waals surface area contributed by atoms with Crippen LogP contribution in [0.2, 0.25) is 0 Å². The van der Waals surface area contributed by atoms with Crippen LogP contribution in [0.1, 0.15) is 29.0 Å². The van der Waals surface area contributed by atoms with Gasteiger partial charge in [0.15, 0.2) is 5.76 Å². The number of urea groups is 1. The normalized spacial score (nSPS) is 12.8. The summed E-state index contributed by atoms with van der Waals surface area (Å²) >= 11 is 0. The number of nitrogens with one attached hydrogen (secondary N) is 3. The average molecular weight is 441 g/mol. The summed E-state index contributed by atoms with van der Waals surface area (Å²) in [5, 5.41) is 9.35. The highest BCUT2D eigenvalue weighted by Crippen LogP contribution is 2.28.